The first-order valence-electron chi connectivity index (χ1n) is 9.08. The standard InChI is InChI=1S/C20H24FN3O3/c1-4-27-20(26)18-13(2)17(14(3)22-18)19(25)24-11-9-23(10-12-24)16-7-5-15(21)6-8-16/h5-8,22H,4,9-12H2,1-3H3. The van der Waals surface area contributed by atoms with E-state index in [4.69, 9.17) is 4.74 Å². The third kappa shape index (κ3) is 3.82. The number of aromatic nitrogens is 1. The van der Waals surface area contributed by atoms with Crippen LogP contribution in [0.15, 0.2) is 24.3 Å². The van der Waals surface area contributed by atoms with Crippen LogP contribution in [0.3, 0.4) is 0 Å². The Labute approximate surface area is 157 Å². The van der Waals surface area contributed by atoms with E-state index in [1.165, 1.54) is 12.1 Å². The van der Waals surface area contributed by atoms with Crippen molar-refractivity contribution < 1.29 is 18.7 Å². The number of halogens is 1. The van der Waals surface area contributed by atoms with Crippen molar-refractivity contribution in [2.75, 3.05) is 37.7 Å². The zero-order valence-electron chi connectivity index (χ0n) is 15.8. The molecule has 2 aromatic rings. The highest BCUT2D eigenvalue weighted by molar-refractivity contribution is 6.01. The molecule has 1 saturated heterocycles. The topological polar surface area (TPSA) is 65.6 Å². The molecular weight excluding hydrogens is 349 g/mol. The van der Waals surface area contributed by atoms with E-state index in [0.717, 1.165) is 5.69 Å². The van der Waals surface area contributed by atoms with E-state index < -0.39 is 5.97 Å². The number of ether oxygens (including phenoxy) is 1. The first kappa shape index (κ1) is 18.9. The fourth-order valence-corrected chi connectivity index (χ4v) is 3.46. The maximum absolute atomic E-state index is 13.1. The average Bonchev–Trinajstić information content (AvgIpc) is 2.96. The van der Waals surface area contributed by atoms with Crippen molar-refractivity contribution in [2.45, 2.75) is 20.8 Å². The Balaban J connectivity index is 1.71. The first-order valence-corrected chi connectivity index (χ1v) is 9.08. The molecule has 0 radical (unpaired) electrons. The molecule has 0 atom stereocenters. The molecule has 6 nitrogen and oxygen atoms in total. The van der Waals surface area contributed by atoms with Crippen LogP contribution in [0, 0.1) is 19.7 Å². The summed E-state index contributed by atoms with van der Waals surface area (Å²) in [6, 6.07) is 6.38. The summed E-state index contributed by atoms with van der Waals surface area (Å²) >= 11 is 0. The van der Waals surface area contributed by atoms with Gasteiger partial charge in [-0.25, -0.2) is 9.18 Å². The lowest BCUT2D eigenvalue weighted by atomic mass is 10.1. The van der Waals surface area contributed by atoms with Gasteiger partial charge in [0.05, 0.1) is 12.2 Å². The Morgan fingerprint density at radius 1 is 1.11 bits per heavy atom. The first-order chi connectivity index (χ1) is 12.9. The summed E-state index contributed by atoms with van der Waals surface area (Å²) in [5.41, 5.74) is 3.11. The van der Waals surface area contributed by atoms with Crippen LogP contribution in [0.5, 0.6) is 0 Å². The van der Waals surface area contributed by atoms with E-state index in [2.05, 4.69) is 9.88 Å². The van der Waals surface area contributed by atoms with Crippen molar-refractivity contribution in [3.63, 3.8) is 0 Å². The number of nitrogens with zero attached hydrogens (tertiary/aromatic N) is 2. The summed E-state index contributed by atoms with van der Waals surface area (Å²) in [6.45, 7) is 8.05. The lowest BCUT2D eigenvalue weighted by Gasteiger charge is -2.36. The molecule has 7 heteroatoms. The van der Waals surface area contributed by atoms with Gasteiger partial charge in [0.15, 0.2) is 0 Å². The average molecular weight is 373 g/mol. The molecule has 1 aliphatic heterocycles. The summed E-state index contributed by atoms with van der Waals surface area (Å²) in [5.74, 6) is -0.794. The van der Waals surface area contributed by atoms with E-state index in [-0.39, 0.29) is 18.3 Å². The van der Waals surface area contributed by atoms with E-state index in [9.17, 15) is 14.0 Å². The van der Waals surface area contributed by atoms with Gasteiger partial charge in [-0.3, -0.25) is 4.79 Å². The molecule has 27 heavy (non-hydrogen) atoms. The van der Waals surface area contributed by atoms with E-state index in [1.54, 1.807) is 37.8 Å². The highest BCUT2D eigenvalue weighted by Crippen LogP contribution is 2.23. The second-order valence-electron chi connectivity index (χ2n) is 6.60. The fraction of sp³-hybridized carbons (Fsp3) is 0.400. The summed E-state index contributed by atoms with van der Waals surface area (Å²) in [6.07, 6.45) is 0. The predicted octanol–water partition coefficient (Wildman–Crippen LogP) is 2.91. The number of aryl methyl sites for hydroxylation is 1. The van der Waals surface area contributed by atoms with Gasteiger partial charge in [0.2, 0.25) is 0 Å². The highest BCUT2D eigenvalue weighted by atomic mass is 19.1. The van der Waals surface area contributed by atoms with Gasteiger partial charge in [-0.2, -0.15) is 0 Å². The minimum absolute atomic E-state index is 0.0874. The van der Waals surface area contributed by atoms with Gasteiger partial charge in [0, 0.05) is 37.6 Å². The van der Waals surface area contributed by atoms with Gasteiger partial charge in [-0.15, -0.1) is 0 Å². The molecule has 1 aliphatic rings. The van der Waals surface area contributed by atoms with Crippen LogP contribution >= 0.6 is 0 Å². The zero-order valence-corrected chi connectivity index (χ0v) is 15.8. The number of carbonyl (C=O) groups excluding carboxylic acids is 2. The summed E-state index contributed by atoms with van der Waals surface area (Å²) in [4.78, 5) is 32.0. The number of hydrogen-bond donors (Lipinski definition) is 1. The monoisotopic (exact) mass is 373 g/mol. The number of benzene rings is 1. The third-order valence-electron chi connectivity index (χ3n) is 4.89. The Morgan fingerprint density at radius 2 is 1.74 bits per heavy atom. The molecule has 1 amide bonds. The summed E-state index contributed by atoms with van der Waals surface area (Å²) < 4.78 is 18.1. The molecule has 1 aromatic carbocycles. The van der Waals surface area contributed by atoms with Crippen LogP contribution in [0.1, 0.15) is 39.0 Å². The normalized spacial score (nSPS) is 14.4. The maximum atomic E-state index is 13.1. The lowest BCUT2D eigenvalue weighted by Crippen LogP contribution is -2.49. The van der Waals surface area contributed by atoms with E-state index >= 15 is 0 Å². The molecule has 144 valence electrons. The van der Waals surface area contributed by atoms with Crippen molar-refractivity contribution in [3.05, 3.63) is 52.6 Å². The van der Waals surface area contributed by atoms with Gasteiger partial charge in [-0.05, 0) is 50.6 Å². The number of nitrogens with one attached hydrogen (secondary N) is 1. The Bertz CT molecular complexity index is 837. The minimum Gasteiger partial charge on any atom is -0.461 e. The molecule has 1 N–H and O–H groups in total. The molecule has 2 heterocycles. The number of H-pyrrole nitrogens is 1. The van der Waals surface area contributed by atoms with Crippen LogP contribution in [0.25, 0.3) is 0 Å². The van der Waals surface area contributed by atoms with Crippen LogP contribution in [0.4, 0.5) is 10.1 Å². The van der Waals surface area contributed by atoms with Crippen molar-refractivity contribution in [1.29, 1.82) is 0 Å². The van der Waals surface area contributed by atoms with Gasteiger partial charge in [0.25, 0.3) is 5.91 Å². The summed E-state index contributed by atoms with van der Waals surface area (Å²) in [7, 11) is 0. The van der Waals surface area contributed by atoms with Crippen molar-refractivity contribution >= 4 is 17.6 Å². The predicted molar refractivity (Wildman–Crippen MR) is 101 cm³/mol. The number of amides is 1. The quantitative estimate of drug-likeness (QED) is 0.837. The number of anilines is 1. The minimum atomic E-state index is -0.446. The Kier molecular flexibility index (Phi) is 5.48. The number of esters is 1. The van der Waals surface area contributed by atoms with E-state index in [0.29, 0.717) is 48.7 Å². The number of aromatic amines is 1. The van der Waals surface area contributed by atoms with E-state index in [1.807, 2.05) is 0 Å². The van der Waals surface area contributed by atoms with Gasteiger partial charge < -0.3 is 19.5 Å². The molecule has 0 unspecified atom stereocenters. The van der Waals surface area contributed by atoms with Crippen molar-refractivity contribution in [3.8, 4) is 0 Å². The number of rotatable bonds is 4. The van der Waals surface area contributed by atoms with Crippen molar-refractivity contribution in [2.24, 2.45) is 0 Å². The molecule has 1 fully saturated rings. The summed E-state index contributed by atoms with van der Waals surface area (Å²) in [5, 5.41) is 0. The number of piperazine rings is 1. The van der Waals surface area contributed by atoms with Gasteiger partial charge in [0.1, 0.15) is 11.5 Å². The molecule has 0 saturated carbocycles. The molecule has 1 aromatic heterocycles. The van der Waals surface area contributed by atoms with Crippen LogP contribution in [0.2, 0.25) is 0 Å². The smallest absolute Gasteiger partial charge is 0.355 e. The second-order valence-corrected chi connectivity index (χ2v) is 6.60. The fourth-order valence-electron chi connectivity index (χ4n) is 3.46. The molecule has 0 spiro atoms. The SMILES string of the molecule is CCOC(=O)c1[nH]c(C)c(C(=O)N2CCN(c3ccc(F)cc3)CC2)c1C. The number of carbonyl (C=O) groups is 2. The highest BCUT2D eigenvalue weighted by Gasteiger charge is 2.28. The molecule has 0 aliphatic carbocycles. The van der Waals surface area contributed by atoms with Crippen LogP contribution in [-0.2, 0) is 4.74 Å². The van der Waals surface area contributed by atoms with Crippen molar-refractivity contribution in [1.82, 2.24) is 9.88 Å². The zero-order chi connectivity index (χ0) is 19.6. The van der Waals surface area contributed by atoms with Gasteiger partial charge >= 0.3 is 5.97 Å². The molecule has 0 bridgehead atoms. The second kappa shape index (κ2) is 7.82. The number of hydrogen-bond acceptors (Lipinski definition) is 4. The van der Waals surface area contributed by atoms with Gasteiger partial charge in [-0.1, -0.05) is 0 Å². The largest absolute Gasteiger partial charge is 0.461 e. The third-order valence-corrected chi connectivity index (χ3v) is 4.89. The van der Waals surface area contributed by atoms with Crippen LogP contribution < -0.4 is 4.90 Å². The Morgan fingerprint density at radius 3 is 2.33 bits per heavy atom. The molecular formula is C20H24FN3O3. The lowest BCUT2D eigenvalue weighted by molar-refractivity contribution is 0.0519. The maximum Gasteiger partial charge on any atom is 0.355 e. The molecule has 3 rings (SSSR count). The Hall–Kier alpha value is -2.83. The van der Waals surface area contributed by atoms with Crippen LogP contribution in [-0.4, -0.2) is 54.5 Å².